The number of aromatic nitrogens is 2. The largest absolute Gasteiger partial charge is 0.383 e. The molecule has 0 aliphatic heterocycles. The minimum absolute atomic E-state index is 0.115. The molecule has 6 heteroatoms. The molecule has 1 aromatic heterocycles. The Hall–Kier alpha value is -2.47. The Morgan fingerprint density at radius 3 is 2.48 bits per heavy atom. The predicted octanol–water partition coefficient (Wildman–Crippen LogP) is 1.72. The van der Waals surface area contributed by atoms with Crippen molar-refractivity contribution in [3.8, 4) is 0 Å². The number of hydrogen-bond acceptors (Lipinski definition) is 5. The van der Waals surface area contributed by atoms with Crippen LogP contribution in [0.4, 0.5) is 11.6 Å². The van der Waals surface area contributed by atoms with Crippen molar-refractivity contribution in [3.05, 3.63) is 48.0 Å². The quantitative estimate of drug-likeness (QED) is 0.758. The van der Waals surface area contributed by atoms with E-state index in [0.29, 0.717) is 31.2 Å². The molecule has 1 heterocycles. The first-order valence-electron chi connectivity index (χ1n) is 6.68. The zero-order valence-electron chi connectivity index (χ0n) is 11.9. The smallest absolute Gasteiger partial charge is 0.229 e. The number of amides is 1. The zero-order valence-corrected chi connectivity index (χ0v) is 11.9. The number of benzene rings is 1. The number of nitrogens with zero attached hydrogens (tertiary/aromatic N) is 2. The summed E-state index contributed by atoms with van der Waals surface area (Å²) in [7, 11) is 1.64. The number of hydrogen-bond donors (Lipinski definition) is 2. The van der Waals surface area contributed by atoms with Gasteiger partial charge in [-0.3, -0.25) is 4.79 Å². The van der Waals surface area contributed by atoms with E-state index in [1.54, 1.807) is 19.2 Å². The fraction of sp³-hybridized carbons (Fsp3) is 0.267. The first kappa shape index (κ1) is 14.9. The van der Waals surface area contributed by atoms with Gasteiger partial charge in [-0.1, -0.05) is 30.3 Å². The van der Waals surface area contributed by atoms with Crippen LogP contribution in [0.5, 0.6) is 0 Å². The minimum atomic E-state index is -0.115. The number of carbonyl (C=O) groups is 1. The van der Waals surface area contributed by atoms with Crippen molar-refractivity contribution in [2.24, 2.45) is 0 Å². The molecule has 0 saturated heterocycles. The number of ether oxygens (including phenoxy) is 1. The molecule has 1 amide bonds. The van der Waals surface area contributed by atoms with E-state index in [2.05, 4.69) is 20.8 Å². The summed E-state index contributed by atoms with van der Waals surface area (Å²) in [5.41, 5.74) is 0.959. The van der Waals surface area contributed by atoms with Crippen molar-refractivity contribution in [1.82, 2.24) is 10.2 Å². The molecule has 6 nitrogen and oxygen atoms in total. The lowest BCUT2D eigenvalue weighted by Crippen LogP contribution is -2.16. The summed E-state index contributed by atoms with van der Waals surface area (Å²) in [6, 6.07) is 13.0. The third kappa shape index (κ3) is 5.19. The molecule has 0 aliphatic carbocycles. The van der Waals surface area contributed by atoms with Crippen LogP contribution in [-0.2, 0) is 16.0 Å². The number of anilines is 2. The van der Waals surface area contributed by atoms with Crippen molar-refractivity contribution in [3.63, 3.8) is 0 Å². The number of nitrogens with one attached hydrogen (secondary N) is 2. The molecule has 0 saturated carbocycles. The summed E-state index contributed by atoms with van der Waals surface area (Å²) in [5, 5.41) is 13.7. The fourth-order valence-electron chi connectivity index (χ4n) is 1.74. The first-order chi connectivity index (χ1) is 10.3. The summed E-state index contributed by atoms with van der Waals surface area (Å²) in [6.07, 6.45) is 0.316. The molecule has 0 fully saturated rings. The van der Waals surface area contributed by atoms with Gasteiger partial charge in [-0.15, -0.1) is 10.2 Å². The van der Waals surface area contributed by atoms with E-state index in [9.17, 15) is 4.79 Å². The van der Waals surface area contributed by atoms with Gasteiger partial charge in [-0.2, -0.15) is 0 Å². The van der Waals surface area contributed by atoms with Gasteiger partial charge >= 0.3 is 0 Å². The molecule has 0 aliphatic rings. The third-order valence-corrected chi connectivity index (χ3v) is 2.75. The molecule has 2 rings (SSSR count). The van der Waals surface area contributed by atoms with Crippen LogP contribution in [0.15, 0.2) is 42.5 Å². The third-order valence-electron chi connectivity index (χ3n) is 2.75. The molecule has 2 aromatic rings. The van der Waals surface area contributed by atoms with Gasteiger partial charge < -0.3 is 15.4 Å². The van der Waals surface area contributed by atoms with Crippen molar-refractivity contribution >= 4 is 17.5 Å². The van der Waals surface area contributed by atoms with E-state index >= 15 is 0 Å². The Morgan fingerprint density at radius 1 is 1.10 bits per heavy atom. The second-order valence-electron chi connectivity index (χ2n) is 4.43. The average Bonchev–Trinajstić information content (AvgIpc) is 2.50. The number of carbonyl (C=O) groups excluding carboxylic acids is 1. The predicted molar refractivity (Wildman–Crippen MR) is 81.2 cm³/mol. The van der Waals surface area contributed by atoms with Crippen LogP contribution in [0.2, 0.25) is 0 Å². The first-order valence-corrected chi connectivity index (χ1v) is 6.68. The van der Waals surface area contributed by atoms with Gasteiger partial charge in [0.15, 0.2) is 5.82 Å². The Kier molecular flexibility index (Phi) is 5.66. The lowest BCUT2D eigenvalue weighted by Gasteiger charge is -2.06. The summed E-state index contributed by atoms with van der Waals surface area (Å²) in [5.74, 6) is 0.969. The van der Waals surface area contributed by atoms with Gasteiger partial charge in [0.2, 0.25) is 5.91 Å². The average molecular weight is 286 g/mol. The molecule has 0 radical (unpaired) electrons. The Morgan fingerprint density at radius 2 is 1.81 bits per heavy atom. The van der Waals surface area contributed by atoms with Gasteiger partial charge in [0.25, 0.3) is 0 Å². The fourth-order valence-corrected chi connectivity index (χ4v) is 1.74. The summed E-state index contributed by atoms with van der Waals surface area (Å²) < 4.78 is 4.93. The normalized spacial score (nSPS) is 10.1. The topological polar surface area (TPSA) is 76.1 Å². The second-order valence-corrected chi connectivity index (χ2v) is 4.43. The SMILES string of the molecule is COCCNc1ccc(NC(=O)Cc2ccccc2)nn1. The lowest BCUT2D eigenvalue weighted by atomic mass is 10.1. The van der Waals surface area contributed by atoms with Gasteiger partial charge in [-0.05, 0) is 17.7 Å². The maximum absolute atomic E-state index is 11.9. The van der Waals surface area contributed by atoms with E-state index < -0.39 is 0 Å². The van der Waals surface area contributed by atoms with E-state index in [-0.39, 0.29) is 5.91 Å². The van der Waals surface area contributed by atoms with Crippen LogP contribution in [0.25, 0.3) is 0 Å². The highest BCUT2D eigenvalue weighted by atomic mass is 16.5. The monoisotopic (exact) mass is 286 g/mol. The molecule has 0 bridgehead atoms. The molecule has 21 heavy (non-hydrogen) atoms. The summed E-state index contributed by atoms with van der Waals surface area (Å²) >= 11 is 0. The Balaban J connectivity index is 1.83. The highest BCUT2D eigenvalue weighted by Gasteiger charge is 2.05. The van der Waals surface area contributed by atoms with E-state index in [1.165, 1.54) is 0 Å². The molecular formula is C15H18N4O2. The standard InChI is InChI=1S/C15H18N4O2/c1-21-10-9-16-13-7-8-14(19-18-13)17-15(20)11-12-5-3-2-4-6-12/h2-8H,9-11H2,1H3,(H,16,18)(H,17,19,20). The van der Waals surface area contributed by atoms with Crippen LogP contribution in [0, 0.1) is 0 Å². The van der Waals surface area contributed by atoms with Gasteiger partial charge in [0.1, 0.15) is 5.82 Å². The molecule has 2 N–H and O–H groups in total. The van der Waals surface area contributed by atoms with Crippen LogP contribution in [0.3, 0.4) is 0 Å². The van der Waals surface area contributed by atoms with E-state index in [1.807, 2.05) is 30.3 Å². The van der Waals surface area contributed by atoms with Gasteiger partial charge in [0, 0.05) is 13.7 Å². The highest BCUT2D eigenvalue weighted by molar-refractivity contribution is 5.91. The van der Waals surface area contributed by atoms with Crippen LogP contribution in [0.1, 0.15) is 5.56 Å². The zero-order chi connectivity index (χ0) is 14.9. The van der Waals surface area contributed by atoms with Gasteiger partial charge in [0.05, 0.1) is 13.0 Å². The molecule has 110 valence electrons. The highest BCUT2D eigenvalue weighted by Crippen LogP contribution is 2.07. The van der Waals surface area contributed by atoms with E-state index in [4.69, 9.17) is 4.74 Å². The van der Waals surface area contributed by atoms with Crippen LogP contribution < -0.4 is 10.6 Å². The summed E-state index contributed by atoms with van der Waals surface area (Å²) in [6.45, 7) is 1.25. The minimum Gasteiger partial charge on any atom is -0.383 e. The van der Waals surface area contributed by atoms with Crippen molar-refractivity contribution < 1.29 is 9.53 Å². The maximum atomic E-state index is 11.9. The van der Waals surface area contributed by atoms with Crippen molar-refractivity contribution in [2.45, 2.75) is 6.42 Å². The molecule has 0 atom stereocenters. The molecule has 0 unspecified atom stereocenters. The lowest BCUT2D eigenvalue weighted by molar-refractivity contribution is -0.115. The molecular weight excluding hydrogens is 268 g/mol. The number of rotatable bonds is 7. The Bertz CT molecular complexity index is 558. The second kappa shape index (κ2) is 7.96. The van der Waals surface area contributed by atoms with E-state index in [0.717, 1.165) is 5.56 Å². The molecule has 0 spiro atoms. The van der Waals surface area contributed by atoms with Crippen molar-refractivity contribution in [2.75, 3.05) is 30.9 Å². The van der Waals surface area contributed by atoms with Crippen molar-refractivity contribution in [1.29, 1.82) is 0 Å². The molecule has 1 aromatic carbocycles. The van der Waals surface area contributed by atoms with Crippen LogP contribution in [-0.4, -0.2) is 36.4 Å². The maximum Gasteiger partial charge on any atom is 0.229 e. The van der Waals surface area contributed by atoms with Crippen LogP contribution >= 0.6 is 0 Å². The van der Waals surface area contributed by atoms with Gasteiger partial charge in [-0.25, -0.2) is 0 Å². The Labute approximate surface area is 123 Å². The summed E-state index contributed by atoms with van der Waals surface area (Å²) in [4.78, 5) is 11.9. The number of methoxy groups -OCH3 is 1.